The minimum atomic E-state index is 0.838. The van der Waals surface area contributed by atoms with Gasteiger partial charge in [0.1, 0.15) is 5.84 Å². The fraction of sp³-hybridized carbons (Fsp3) is 0.417. The molecule has 1 aliphatic heterocycles. The highest BCUT2D eigenvalue weighted by atomic mass is 15.0. The van der Waals surface area contributed by atoms with Crippen LogP contribution >= 0.6 is 0 Å². The minimum Gasteiger partial charge on any atom is -0.370 e. The van der Waals surface area contributed by atoms with Crippen molar-refractivity contribution in [3.8, 4) is 0 Å². The van der Waals surface area contributed by atoms with E-state index < -0.39 is 0 Å². The maximum absolute atomic E-state index is 4.48. The number of nitrogens with zero attached hydrogens (tertiary/aromatic N) is 1. The van der Waals surface area contributed by atoms with Crippen LogP contribution in [-0.4, -0.2) is 12.4 Å². The summed E-state index contributed by atoms with van der Waals surface area (Å²) >= 11 is 0. The molecule has 0 atom stereocenters. The SMILES string of the molecule is CCCCNC1=NCc2ccccc21. The highest BCUT2D eigenvalue weighted by Crippen LogP contribution is 2.16. The Morgan fingerprint density at radius 3 is 3.07 bits per heavy atom. The molecule has 0 amide bonds. The highest BCUT2D eigenvalue weighted by Gasteiger charge is 2.13. The first-order valence-electron chi connectivity index (χ1n) is 5.28. The summed E-state index contributed by atoms with van der Waals surface area (Å²) in [5, 5.41) is 3.39. The molecule has 0 radical (unpaired) electrons. The van der Waals surface area contributed by atoms with Gasteiger partial charge in [0, 0.05) is 12.1 Å². The normalized spacial score (nSPS) is 13.6. The van der Waals surface area contributed by atoms with Crippen LogP contribution in [0.15, 0.2) is 29.3 Å². The molecule has 1 aromatic carbocycles. The fourth-order valence-electron chi connectivity index (χ4n) is 1.67. The average Bonchev–Trinajstić information content (AvgIpc) is 2.63. The summed E-state index contributed by atoms with van der Waals surface area (Å²) < 4.78 is 0. The molecule has 1 heterocycles. The van der Waals surface area contributed by atoms with Gasteiger partial charge in [-0.05, 0) is 12.0 Å². The van der Waals surface area contributed by atoms with Gasteiger partial charge in [-0.1, -0.05) is 37.6 Å². The number of aliphatic imine (C=N–C) groups is 1. The Balaban J connectivity index is 2.02. The van der Waals surface area contributed by atoms with E-state index >= 15 is 0 Å². The Morgan fingerprint density at radius 2 is 2.21 bits per heavy atom. The highest BCUT2D eigenvalue weighted by molar-refractivity contribution is 6.01. The molecule has 1 aromatic rings. The zero-order chi connectivity index (χ0) is 9.80. The van der Waals surface area contributed by atoms with Crippen molar-refractivity contribution in [3.63, 3.8) is 0 Å². The van der Waals surface area contributed by atoms with Gasteiger partial charge in [-0.3, -0.25) is 4.99 Å². The predicted molar refractivity (Wildman–Crippen MR) is 59.6 cm³/mol. The summed E-state index contributed by atoms with van der Waals surface area (Å²) in [5.74, 6) is 1.08. The van der Waals surface area contributed by atoms with E-state index in [1.807, 2.05) is 0 Å². The predicted octanol–water partition coefficient (Wildman–Crippen LogP) is 2.34. The molecule has 2 rings (SSSR count). The second kappa shape index (κ2) is 4.27. The van der Waals surface area contributed by atoms with E-state index in [-0.39, 0.29) is 0 Å². The molecule has 2 heteroatoms. The van der Waals surface area contributed by atoms with E-state index in [0.717, 1.165) is 18.9 Å². The van der Waals surface area contributed by atoms with Gasteiger partial charge in [-0.15, -0.1) is 0 Å². The smallest absolute Gasteiger partial charge is 0.128 e. The third kappa shape index (κ3) is 1.79. The van der Waals surface area contributed by atoms with Crippen molar-refractivity contribution in [3.05, 3.63) is 35.4 Å². The van der Waals surface area contributed by atoms with Crippen LogP contribution in [-0.2, 0) is 6.54 Å². The quantitative estimate of drug-likeness (QED) is 0.723. The summed E-state index contributed by atoms with van der Waals surface area (Å²) in [7, 11) is 0. The van der Waals surface area contributed by atoms with Crippen LogP contribution in [0.5, 0.6) is 0 Å². The summed E-state index contributed by atoms with van der Waals surface area (Å²) in [5.41, 5.74) is 2.62. The van der Waals surface area contributed by atoms with Crippen molar-refractivity contribution in [2.45, 2.75) is 26.3 Å². The largest absolute Gasteiger partial charge is 0.370 e. The van der Waals surface area contributed by atoms with Gasteiger partial charge >= 0.3 is 0 Å². The molecule has 1 N–H and O–H groups in total. The number of hydrogen-bond acceptors (Lipinski definition) is 2. The number of unbranched alkanes of at least 4 members (excludes halogenated alkanes) is 1. The summed E-state index contributed by atoms with van der Waals surface area (Å²) in [4.78, 5) is 4.48. The second-order valence-electron chi connectivity index (χ2n) is 3.60. The van der Waals surface area contributed by atoms with E-state index in [2.05, 4.69) is 41.5 Å². The van der Waals surface area contributed by atoms with Crippen LogP contribution in [0.3, 0.4) is 0 Å². The van der Waals surface area contributed by atoms with E-state index in [0.29, 0.717) is 0 Å². The molecule has 0 saturated heterocycles. The summed E-state index contributed by atoms with van der Waals surface area (Å²) in [6, 6.07) is 8.43. The van der Waals surface area contributed by atoms with Crippen LogP contribution < -0.4 is 5.32 Å². The van der Waals surface area contributed by atoms with Gasteiger partial charge in [0.15, 0.2) is 0 Å². The molecule has 1 aliphatic rings. The van der Waals surface area contributed by atoms with E-state index in [9.17, 15) is 0 Å². The van der Waals surface area contributed by atoms with Gasteiger partial charge in [-0.25, -0.2) is 0 Å². The van der Waals surface area contributed by atoms with Gasteiger partial charge in [-0.2, -0.15) is 0 Å². The standard InChI is InChI=1S/C12H16N2/c1-2-3-8-13-12-11-7-5-4-6-10(11)9-14-12/h4-7H,2-3,8-9H2,1H3,(H,13,14). The molecule has 0 aromatic heterocycles. The molecule has 0 saturated carbocycles. The topological polar surface area (TPSA) is 24.4 Å². The summed E-state index contributed by atoms with van der Waals surface area (Å²) in [6.07, 6.45) is 2.43. The Bertz CT molecular complexity index is 342. The van der Waals surface area contributed by atoms with Crippen LogP contribution in [0.1, 0.15) is 30.9 Å². The first kappa shape index (κ1) is 9.25. The van der Waals surface area contributed by atoms with Crippen molar-refractivity contribution in [2.24, 2.45) is 4.99 Å². The molecular weight excluding hydrogens is 172 g/mol. The molecule has 2 nitrogen and oxygen atoms in total. The molecule has 74 valence electrons. The van der Waals surface area contributed by atoms with Crippen LogP contribution in [0.25, 0.3) is 0 Å². The van der Waals surface area contributed by atoms with Crippen molar-refractivity contribution < 1.29 is 0 Å². The number of nitrogens with one attached hydrogen (secondary N) is 1. The van der Waals surface area contributed by atoms with Crippen molar-refractivity contribution in [1.82, 2.24) is 5.32 Å². The van der Waals surface area contributed by atoms with E-state index in [1.165, 1.54) is 24.0 Å². The van der Waals surface area contributed by atoms with Gasteiger partial charge in [0.25, 0.3) is 0 Å². The Hall–Kier alpha value is -1.31. The maximum Gasteiger partial charge on any atom is 0.128 e. The van der Waals surface area contributed by atoms with Gasteiger partial charge in [0.05, 0.1) is 6.54 Å². The average molecular weight is 188 g/mol. The zero-order valence-corrected chi connectivity index (χ0v) is 8.59. The molecular formula is C12H16N2. The van der Waals surface area contributed by atoms with Gasteiger partial charge < -0.3 is 5.32 Å². The number of hydrogen-bond donors (Lipinski definition) is 1. The molecule has 0 aliphatic carbocycles. The molecule has 0 spiro atoms. The van der Waals surface area contributed by atoms with Crippen molar-refractivity contribution in [1.29, 1.82) is 0 Å². The lowest BCUT2D eigenvalue weighted by Crippen LogP contribution is -2.24. The van der Waals surface area contributed by atoms with Crippen molar-refractivity contribution >= 4 is 5.84 Å². The number of fused-ring (bicyclic) bond motifs is 1. The van der Waals surface area contributed by atoms with Crippen LogP contribution in [0.2, 0.25) is 0 Å². The molecule has 14 heavy (non-hydrogen) atoms. The lowest BCUT2D eigenvalue weighted by molar-refractivity contribution is 0.754. The molecule has 0 fully saturated rings. The third-order valence-electron chi connectivity index (χ3n) is 2.50. The maximum atomic E-state index is 4.48. The Morgan fingerprint density at radius 1 is 1.36 bits per heavy atom. The Kier molecular flexibility index (Phi) is 2.82. The lowest BCUT2D eigenvalue weighted by atomic mass is 10.1. The number of rotatable bonds is 3. The first-order valence-corrected chi connectivity index (χ1v) is 5.28. The third-order valence-corrected chi connectivity index (χ3v) is 2.50. The van der Waals surface area contributed by atoms with Crippen molar-refractivity contribution in [2.75, 3.05) is 6.54 Å². The first-order chi connectivity index (χ1) is 6.92. The minimum absolute atomic E-state index is 0.838. The zero-order valence-electron chi connectivity index (χ0n) is 8.59. The molecule has 0 unspecified atom stereocenters. The number of amidine groups is 1. The van der Waals surface area contributed by atoms with Crippen LogP contribution in [0, 0.1) is 0 Å². The monoisotopic (exact) mass is 188 g/mol. The number of benzene rings is 1. The molecule has 0 bridgehead atoms. The summed E-state index contributed by atoms with van der Waals surface area (Å²) in [6.45, 7) is 4.07. The van der Waals surface area contributed by atoms with Gasteiger partial charge in [0.2, 0.25) is 0 Å². The lowest BCUT2D eigenvalue weighted by Gasteiger charge is -2.05. The second-order valence-corrected chi connectivity index (χ2v) is 3.60. The van der Waals surface area contributed by atoms with E-state index in [4.69, 9.17) is 0 Å². The van der Waals surface area contributed by atoms with E-state index in [1.54, 1.807) is 0 Å². The van der Waals surface area contributed by atoms with Crippen LogP contribution in [0.4, 0.5) is 0 Å². The fourth-order valence-corrected chi connectivity index (χ4v) is 1.67. The Labute approximate surface area is 85.1 Å².